The second kappa shape index (κ2) is 10.3. The van der Waals surface area contributed by atoms with E-state index in [1.165, 1.54) is 17.9 Å². The van der Waals surface area contributed by atoms with Crippen molar-refractivity contribution in [3.63, 3.8) is 0 Å². The van der Waals surface area contributed by atoms with E-state index in [9.17, 15) is 9.59 Å². The van der Waals surface area contributed by atoms with Gasteiger partial charge in [0, 0.05) is 18.8 Å². The van der Waals surface area contributed by atoms with Crippen molar-refractivity contribution in [3.05, 3.63) is 47.2 Å². The summed E-state index contributed by atoms with van der Waals surface area (Å²) in [7, 11) is 0. The third kappa shape index (κ3) is 4.48. The van der Waals surface area contributed by atoms with Gasteiger partial charge in [0.25, 0.3) is 5.91 Å². The molecular formula is C25H33ClN4O3S. The summed E-state index contributed by atoms with van der Waals surface area (Å²) in [6.07, 6.45) is 9.22. The number of esters is 1. The number of carbonyl (C=O) groups is 2. The molecule has 3 saturated heterocycles. The van der Waals surface area contributed by atoms with Gasteiger partial charge in [-0.2, -0.15) is 4.37 Å². The van der Waals surface area contributed by atoms with Gasteiger partial charge in [-0.1, -0.05) is 56.0 Å². The van der Waals surface area contributed by atoms with Crippen molar-refractivity contribution in [1.82, 2.24) is 9.36 Å². The van der Waals surface area contributed by atoms with Crippen LogP contribution in [0.3, 0.4) is 0 Å². The average Bonchev–Trinajstić information content (AvgIpc) is 3.22. The van der Waals surface area contributed by atoms with Crippen molar-refractivity contribution in [3.8, 4) is 0 Å². The first-order valence-corrected chi connectivity index (χ1v) is 13.0. The molecule has 34 heavy (non-hydrogen) atoms. The topological polar surface area (TPSA) is 95.2 Å². The highest BCUT2D eigenvalue weighted by molar-refractivity contribution is 7.05. The zero-order valence-corrected chi connectivity index (χ0v) is 21.0. The van der Waals surface area contributed by atoms with Crippen molar-refractivity contribution in [2.45, 2.75) is 68.9 Å². The van der Waals surface area contributed by atoms with Crippen LogP contribution in [0.4, 0.5) is 0 Å². The maximum atomic E-state index is 13.9. The molecule has 0 spiro atoms. The van der Waals surface area contributed by atoms with Gasteiger partial charge in [0.1, 0.15) is 12.9 Å². The highest BCUT2D eigenvalue weighted by Crippen LogP contribution is 2.45. The number of halogens is 1. The number of nitrogens with zero attached hydrogens (tertiary/aromatic N) is 3. The van der Waals surface area contributed by atoms with Crippen LogP contribution in [0.5, 0.6) is 0 Å². The first-order chi connectivity index (χ1) is 16.0. The minimum atomic E-state index is -0.572. The van der Waals surface area contributed by atoms with E-state index in [1.807, 2.05) is 18.2 Å². The number of hydrogen-bond acceptors (Lipinski definition) is 6. The molecule has 184 valence electrons. The summed E-state index contributed by atoms with van der Waals surface area (Å²) >= 11 is 1.24. The summed E-state index contributed by atoms with van der Waals surface area (Å²) in [6, 6.07) is 9.66. The molecule has 2 N–H and O–H groups in total. The number of rotatable bonds is 6. The third-order valence-electron chi connectivity index (χ3n) is 8.32. The molecular weight excluding hydrogens is 472 g/mol. The predicted molar refractivity (Wildman–Crippen MR) is 125 cm³/mol. The predicted octanol–water partition coefficient (Wildman–Crippen LogP) is 0.513. The molecule has 9 heteroatoms. The maximum absolute atomic E-state index is 13.9. The lowest BCUT2D eigenvalue weighted by Gasteiger charge is -2.54. The molecule has 1 aromatic carbocycles. The number of primary amides is 1. The van der Waals surface area contributed by atoms with Crippen LogP contribution in [0.2, 0.25) is 0 Å². The number of piperidine rings is 3. The zero-order chi connectivity index (χ0) is 22.9. The van der Waals surface area contributed by atoms with Gasteiger partial charge in [-0.05, 0) is 29.9 Å². The Hall–Kier alpha value is -2.03. The van der Waals surface area contributed by atoms with Crippen molar-refractivity contribution < 1.29 is 31.2 Å². The number of fused-ring (bicyclic) bond motifs is 3. The van der Waals surface area contributed by atoms with Gasteiger partial charge >= 0.3 is 5.97 Å². The largest absolute Gasteiger partial charge is 1.00 e. The van der Waals surface area contributed by atoms with Crippen LogP contribution in [0.15, 0.2) is 36.7 Å². The zero-order valence-electron chi connectivity index (χ0n) is 19.4. The second-order valence-electron chi connectivity index (χ2n) is 10.1. The van der Waals surface area contributed by atoms with Gasteiger partial charge < -0.3 is 27.4 Å². The molecule has 3 aliphatic heterocycles. The van der Waals surface area contributed by atoms with Crippen LogP contribution in [0.1, 0.15) is 68.0 Å². The monoisotopic (exact) mass is 504 g/mol. The molecule has 0 radical (unpaired) electrons. The van der Waals surface area contributed by atoms with Gasteiger partial charge in [-0.3, -0.25) is 9.59 Å². The van der Waals surface area contributed by atoms with E-state index < -0.39 is 11.5 Å². The van der Waals surface area contributed by atoms with Crippen LogP contribution in [-0.2, 0) is 19.7 Å². The Kier molecular flexibility index (Phi) is 7.60. The smallest absolute Gasteiger partial charge is 0.317 e. The van der Waals surface area contributed by atoms with E-state index >= 15 is 0 Å². The van der Waals surface area contributed by atoms with Crippen LogP contribution in [0.25, 0.3) is 0 Å². The quantitative estimate of drug-likeness (QED) is 0.351. The number of hydrogen-bond donors (Lipinski definition) is 1. The first kappa shape index (κ1) is 25.1. The Balaban J connectivity index is 0.00000274. The van der Waals surface area contributed by atoms with E-state index in [2.05, 4.69) is 21.5 Å². The summed E-state index contributed by atoms with van der Waals surface area (Å²) in [6.45, 7) is 2.33. The Bertz CT molecular complexity index is 971. The molecule has 4 fully saturated rings. The minimum absolute atomic E-state index is 0. The fraction of sp³-hybridized carbons (Fsp3) is 0.600. The molecule has 4 heterocycles. The number of quaternary nitrogens is 1. The Labute approximate surface area is 211 Å². The first-order valence-electron chi connectivity index (χ1n) is 12.2. The molecule has 1 aliphatic carbocycles. The van der Waals surface area contributed by atoms with Crippen LogP contribution in [0, 0.1) is 5.92 Å². The van der Waals surface area contributed by atoms with Gasteiger partial charge in [0.2, 0.25) is 6.04 Å². The van der Waals surface area contributed by atoms with E-state index in [4.69, 9.17) is 10.5 Å². The fourth-order valence-electron chi connectivity index (χ4n) is 6.54. The number of ether oxygens (including phenoxy) is 1. The second-order valence-corrected chi connectivity index (χ2v) is 10.9. The summed E-state index contributed by atoms with van der Waals surface area (Å²) in [4.78, 5) is 30.8. The van der Waals surface area contributed by atoms with Gasteiger partial charge in [-0.25, -0.2) is 4.98 Å². The van der Waals surface area contributed by atoms with Crippen molar-refractivity contribution in [2.24, 2.45) is 11.7 Å². The van der Waals surface area contributed by atoms with E-state index in [0.717, 1.165) is 70.0 Å². The fourth-order valence-corrected chi connectivity index (χ4v) is 7.28. The van der Waals surface area contributed by atoms with Gasteiger partial charge in [0.15, 0.2) is 11.1 Å². The standard InChI is InChI=1S/C25H32N4O3S.ClH/c26-22(30)21(23-27-17-28-33-23)29-14-10-18(11-15-29)20(16-29)32-24(31)25(12-6-1-2-7-13-25)19-8-4-3-5-9-19;/h3-5,8-9,17-18,20-21H,1-2,6-7,10-16H2,(H-,26,30);1H/t18?,20-,21?,29?;/m0./s1. The van der Waals surface area contributed by atoms with E-state index in [1.54, 1.807) is 0 Å². The molecule has 1 amide bonds. The molecule has 1 saturated carbocycles. The molecule has 2 aromatic rings. The molecule has 1 unspecified atom stereocenters. The van der Waals surface area contributed by atoms with Crippen LogP contribution >= 0.6 is 11.5 Å². The summed E-state index contributed by atoms with van der Waals surface area (Å²) in [5.41, 5.74) is 6.39. The number of carbonyl (C=O) groups excluding carboxylic acids is 2. The molecule has 6 rings (SSSR count). The SMILES string of the molecule is NC(=O)C(c1ncns1)[N+]12CCC(CC1)[C@@H](OC(=O)C1(c3ccccc3)CCCCCC1)C2.[Cl-]. The molecule has 2 atom stereocenters. The lowest BCUT2D eigenvalue weighted by molar-refractivity contribution is -0.965. The molecule has 1 aromatic heterocycles. The number of benzene rings is 1. The van der Waals surface area contributed by atoms with Gasteiger partial charge in [-0.15, -0.1) is 0 Å². The lowest BCUT2D eigenvalue weighted by atomic mass is 9.74. The summed E-state index contributed by atoms with van der Waals surface area (Å²) < 4.78 is 11.0. The normalized spacial score (nSPS) is 28.8. The van der Waals surface area contributed by atoms with Crippen molar-refractivity contribution in [2.75, 3.05) is 19.6 Å². The molecule has 7 nitrogen and oxygen atoms in total. The third-order valence-corrected chi connectivity index (χ3v) is 9.04. The van der Waals surface area contributed by atoms with Crippen LogP contribution in [-0.4, -0.2) is 51.5 Å². The van der Waals surface area contributed by atoms with Crippen molar-refractivity contribution in [1.29, 1.82) is 0 Å². The van der Waals surface area contributed by atoms with Crippen LogP contribution < -0.4 is 18.1 Å². The maximum Gasteiger partial charge on any atom is 0.317 e. The average molecular weight is 505 g/mol. The number of nitrogens with two attached hydrogens (primary N) is 1. The highest BCUT2D eigenvalue weighted by Gasteiger charge is 2.55. The lowest BCUT2D eigenvalue weighted by Crippen LogP contribution is -3.00. The minimum Gasteiger partial charge on any atom is -1.00 e. The van der Waals surface area contributed by atoms with Crippen molar-refractivity contribution >= 4 is 23.4 Å². The summed E-state index contributed by atoms with van der Waals surface area (Å²) in [5.74, 6) is -0.115. The molecule has 2 bridgehead atoms. The number of aromatic nitrogens is 2. The number of amides is 1. The van der Waals surface area contributed by atoms with E-state index in [0.29, 0.717) is 22.0 Å². The molecule has 4 aliphatic rings. The van der Waals surface area contributed by atoms with Gasteiger partial charge in [0.05, 0.1) is 18.5 Å². The van der Waals surface area contributed by atoms with E-state index in [-0.39, 0.29) is 30.4 Å². The Morgan fingerprint density at radius 3 is 2.35 bits per heavy atom. The highest BCUT2D eigenvalue weighted by atomic mass is 35.5. The Morgan fingerprint density at radius 2 is 1.76 bits per heavy atom. The summed E-state index contributed by atoms with van der Waals surface area (Å²) in [5, 5.41) is 0.664. The Morgan fingerprint density at radius 1 is 1.09 bits per heavy atom.